The van der Waals surface area contributed by atoms with Crippen LogP contribution < -0.4 is 0 Å². The minimum absolute atomic E-state index is 0.152. The van der Waals surface area contributed by atoms with E-state index in [-0.39, 0.29) is 5.91 Å². The molecule has 1 amide bonds. The summed E-state index contributed by atoms with van der Waals surface area (Å²) < 4.78 is 1.62. The van der Waals surface area contributed by atoms with E-state index in [1.54, 1.807) is 35.0 Å². The first-order valence-electron chi connectivity index (χ1n) is 6.25. The number of amides is 1. The number of thiazole rings is 1. The molecule has 2 heterocycles. The van der Waals surface area contributed by atoms with Gasteiger partial charge in [0.2, 0.25) is 0 Å². The van der Waals surface area contributed by atoms with Gasteiger partial charge in [-0.2, -0.15) is 5.10 Å². The minimum atomic E-state index is -0.152. The van der Waals surface area contributed by atoms with Crippen LogP contribution >= 0.6 is 22.9 Å². The van der Waals surface area contributed by atoms with Gasteiger partial charge in [-0.05, 0) is 13.8 Å². The summed E-state index contributed by atoms with van der Waals surface area (Å²) in [6, 6.07) is 0. The van der Waals surface area contributed by atoms with Crippen molar-refractivity contribution >= 4 is 28.8 Å². The Balaban J connectivity index is 2.05. The molecule has 5 nitrogen and oxygen atoms in total. The molecule has 0 aliphatic rings. The van der Waals surface area contributed by atoms with E-state index < -0.39 is 0 Å². The number of nitrogens with zero attached hydrogens (tertiary/aromatic N) is 4. The second-order valence-corrected chi connectivity index (χ2v) is 6.03. The minimum Gasteiger partial charge on any atom is -0.340 e. The molecule has 0 unspecified atom stereocenters. The monoisotopic (exact) mass is 312 g/mol. The lowest BCUT2D eigenvalue weighted by atomic mass is 10.2. The van der Waals surface area contributed by atoms with Gasteiger partial charge in [-0.3, -0.25) is 9.48 Å². The van der Waals surface area contributed by atoms with Gasteiger partial charge in [0, 0.05) is 31.9 Å². The summed E-state index contributed by atoms with van der Waals surface area (Å²) in [6.45, 7) is 4.44. The molecule has 0 aliphatic heterocycles. The van der Waals surface area contributed by atoms with Crippen LogP contribution in [0.3, 0.4) is 0 Å². The molecule has 0 aliphatic carbocycles. The molecule has 0 bridgehead atoms. The normalized spacial score (nSPS) is 10.8. The fourth-order valence-electron chi connectivity index (χ4n) is 1.84. The number of rotatable bonds is 4. The number of aryl methyl sites for hydroxylation is 2. The maximum atomic E-state index is 12.3. The van der Waals surface area contributed by atoms with E-state index in [4.69, 9.17) is 11.6 Å². The summed E-state index contributed by atoms with van der Waals surface area (Å²) in [5.41, 5.74) is 3.96. The Labute approximate surface area is 127 Å². The summed E-state index contributed by atoms with van der Waals surface area (Å²) in [4.78, 5) is 19.4. The van der Waals surface area contributed by atoms with E-state index in [0.29, 0.717) is 17.3 Å². The number of likely N-dealkylation sites (N-methyl/N-ethyl adjacent to an activating group) is 1. The molecule has 0 saturated carbocycles. The van der Waals surface area contributed by atoms with Gasteiger partial charge in [-0.1, -0.05) is 11.6 Å². The molecule has 0 N–H and O–H groups in total. The Bertz CT molecular complexity index is 634. The zero-order valence-electron chi connectivity index (χ0n) is 12.0. The molecule has 0 radical (unpaired) electrons. The quantitative estimate of drug-likeness (QED) is 0.871. The molecule has 2 aromatic heterocycles. The van der Waals surface area contributed by atoms with Crippen LogP contribution in [0.5, 0.6) is 0 Å². The number of hydrogen-bond donors (Lipinski definition) is 0. The van der Waals surface area contributed by atoms with Crippen LogP contribution in [0.25, 0.3) is 0 Å². The van der Waals surface area contributed by atoms with Crippen molar-refractivity contribution in [2.24, 2.45) is 7.05 Å². The van der Waals surface area contributed by atoms with Gasteiger partial charge in [0.15, 0.2) is 5.69 Å². The predicted molar refractivity (Wildman–Crippen MR) is 80.5 cm³/mol. The first-order chi connectivity index (χ1) is 9.41. The van der Waals surface area contributed by atoms with Gasteiger partial charge in [0.25, 0.3) is 5.91 Å². The topological polar surface area (TPSA) is 51.0 Å². The van der Waals surface area contributed by atoms with Crippen LogP contribution in [0.4, 0.5) is 0 Å². The highest BCUT2D eigenvalue weighted by Gasteiger charge is 2.21. The van der Waals surface area contributed by atoms with E-state index in [0.717, 1.165) is 17.8 Å². The standard InChI is InChI=1S/C13H17ClN4OS/c1-8-10(20-7-15-8)5-6-17(3)13(19)12-11(14)9(2)18(4)16-12/h7H,5-6H2,1-4H3. The average Bonchev–Trinajstić information content (AvgIpc) is 2.94. The van der Waals surface area contributed by atoms with Crippen molar-refractivity contribution in [2.45, 2.75) is 20.3 Å². The summed E-state index contributed by atoms with van der Waals surface area (Å²) in [7, 11) is 3.54. The predicted octanol–water partition coefficient (Wildman–Crippen LogP) is 2.46. The van der Waals surface area contributed by atoms with E-state index in [2.05, 4.69) is 10.1 Å². The van der Waals surface area contributed by atoms with Gasteiger partial charge in [-0.15, -0.1) is 11.3 Å². The fourth-order valence-corrected chi connectivity index (χ4v) is 2.85. The number of carbonyl (C=O) groups excluding carboxylic acids is 1. The maximum absolute atomic E-state index is 12.3. The second kappa shape index (κ2) is 5.93. The van der Waals surface area contributed by atoms with Crippen LogP contribution in [0, 0.1) is 13.8 Å². The van der Waals surface area contributed by atoms with E-state index in [1.165, 1.54) is 4.88 Å². The molecule has 0 fully saturated rings. The molecular weight excluding hydrogens is 296 g/mol. The molecule has 0 atom stereocenters. The summed E-state index contributed by atoms with van der Waals surface area (Å²) in [6.07, 6.45) is 0.794. The van der Waals surface area contributed by atoms with Gasteiger partial charge in [0.1, 0.15) is 0 Å². The third kappa shape index (κ3) is 2.86. The zero-order chi connectivity index (χ0) is 14.9. The third-order valence-corrected chi connectivity index (χ3v) is 4.78. The summed E-state index contributed by atoms with van der Waals surface area (Å²) >= 11 is 7.75. The molecule has 20 heavy (non-hydrogen) atoms. The molecular formula is C13H17ClN4OS. The Morgan fingerprint density at radius 1 is 1.50 bits per heavy atom. The average molecular weight is 313 g/mol. The Hall–Kier alpha value is -1.40. The van der Waals surface area contributed by atoms with E-state index in [1.807, 2.05) is 19.4 Å². The van der Waals surface area contributed by atoms with Crippen molar-refractivity contribution in [3.8, 4) is 0 Å². The highest BCUT2D eigenvalue weighted by Crippen LogP contribution is 2.20. The molecule has 0 aromatic carbocycles. The van der Waals surface area contributed by atoms with Crippen LogP contribution in [0.15, 0.2) is 5.51 Å². The van der Waals surface area contributed by atoms with Crippen molar-refractivity contribution in [2.75, 3.05) is 13.6 Å². The summed E-state index contributed by atoms with van der Waals surface area (Å²) in [5.74, 6) is -0.152. The highest BCUT2D eigenvalue weighted by molar-refractivity contribution is 7.09. The van der Waals surface area contributed by atoms with Crippen molar-refractivity contribution in [3.05, 3.63) is 32.5 Å². The number of aromatic nitrogens is 3. The molecule has 0 spiro atoms. The second-order valence-electron chi connectivity index (χ2n) is 4.71. The summed E-state index contributed by atoms with van der Waals surface area (Å²) in [5, 5.41) is 4.61. The highest BCUT2D eigenvalue weighted by atomic mass is 35.5. The zero-order valence-corrected chi connectivity index (χ0v) is 13.5. The Morgan fingerprint density at radius 2 is 2.20 bits per heavy atom. The Kier molecular flexibility index (Phi) is 4.45. The van der Waals surface area contributed by atoms with Crippen molar-refractivity contribution in [1.82, 2.24) is 19.7 Å². The van der Waals surface area contributed by atoms with Gasteiger partial charge in [-0.25, -0.2) is 4.98 Å². The lowest BCUT2D eigenvalue weighted by Crippen LogP contribution is -2.29. The van der Waals surface area contributed by atoms with Crippen LogP contribution in [0.1, 0.15) is 26.8 Å². The van der Waals surface area contributed by atoms with Gasteiger partial charge in [0.05, 0.1) is 21.9 Å². The number of carbonyl (C=O) groups is 1. The van der Waals surface area contributed by atoms with Crippen molar-refractivity contribution < 1.29 is 4.79 Å². The molecule has 0 saturated heterocycles. The van der Waals surface area contributed by atoms with Crippen molar-refractivity contribution in [1.29, 1.82) is 0 Å². The lowest BCUT2D eigenvalue weighted by Gasteiger charge is -2.15. The molecule has 2 aromatic rings. The molecule has 108 valence electrons. The van der Waals surface area contributed by atoms with Crippen LogP contribution in [-0.2, 0) is 13.5 Å². The van der Waals surface area contributed by atoms with E-state index in [9.17, 15) is 4.79 Å². The largest absolute Gasteiger partial charge is 0.340 e. The van der Waals surface area contributed by atoms with Crippen LogP contribution in [-0.4, -0.2) is 39.2 Å². The first-order valence-corrected chi connectivity index (χ1v) is 7.51. The third-order valence-electron chi connectivity index (χ3n) is 3.33. The van der Waals surface area contributed by atoms with Crippen LogP contribution in [0.2, 0.25) is 5.02 Å². The lowest BCUT2D eigenvalue weighted by molar-refractivity contribution is 0.0790. The van der Waals surface area contributed by atoms with Gasteiger partial charge >= 0.3 is 0 Å². The Morgan fingerprint density at radius 3 is 2.70 bits per heavy atom. The first kappa shape index (κ1) is 15.0. The number of halogens is 1. The maximum Gasteiger partial charge on any atom is 0.275 e. The van der Waals surface area contributed by atoms with Crippen molar-refractivity contribution in [3.63, 3.8) is 0 Å². The SMILES string of the molecule is Cc1ncsc1CCN(C)C(=O)c1nn(C)c(C)c1Cl. The van der Waals surface area contributed by atoms with Gasteiger partial charge < -0.3 is 4.90 Å². The number of hydrogen-bond acceptors (Lipinski definition) is 4. The fraction of sp³-hybridized carbons (Fsp3) is 0.462. The van der Waals surface area contributed by atoms with E-state index >= 15 is 0 Å². The molecule has 7 heteroatoms. The molecule has 2 rings (SSSR count). The smallest absolute Gasteiger partial charge is 0.275 e.